The van der Waals surface area contributed by atoms with Gasteiger partial charge in [0, 0.05) is 0 Å². The van der Waals surface area contributed by atoms with Crippen LogP contribution in [-0.4, -0.2) is 0 Å². The monoisotopic (exact) mass is 659 g/mol. The highest BCUT2D eigenvalue weighted by atomic mass is 16.5. The van der Waals surface area contributed by atoms with Gasteiger partial charge in [-0.05, 0) is 60.8 Å². The van der Waals surface area contributed by atoms with Crippen LogP contribution in [0.3, 0.4) is 0 Å². The Kier molecular flexibility index (Phi) is 20.3. The van der Waals surface area contributed by atoms with Gasteiger partial charge in [0.25, 0.3) is 0 Å². The van der Waals surface area contributed by atoms with Gasteiger partial charge >= 0.3 is 0 Å². The van der Waals surface area contributed by atoms with Crippen LogP contribution >= 0.6 is 0 Å². The third-order valence-electron chi connectivity index (χ3n) is 10.2. The van der Waals surface area contributed by atoms with Crippen molar-refractivity contribution in [1.29, 1.82) is 0 Å². The van der Waals surface area contributed by atoms with E-state index < -0.39 is 0 Å². The molecule has 0 N–H and O–H groups in total. The molecule has 0 aliphatic heterocycles. The maximum Gasteiger partial charge on any atom is 0.0833 e. The lowest BCUT2D eigenvalue weighted by atomic mass is 9.98. The second kappa shape index (κ2) is 25.8. The van der Waals surface area contributed by atoms with Crippen molar-refractivity contribution in [2.45, 2.75) is 153 Å². The summed E-state index contributed by atoms with van der Waals surface area (Å²) in [6, 6.07) is 43.9. The second-order valence-corrected chi connectivity index (χ2v) is 14.3. The summed E-state index contributed by atoms with van der Waals surface area (Å²) in [7, 11) is 0. The summed E-state index contributed by atoms with van der Waals surface area (Å²) in [5.74, 6) is 0. The Morgan fingerprint density at radius 3 is 0.878 bits per heavy atom. The van der Waals surface area contributed by atoms with Crippen molar-refractivity contribution in [3.8, 4) is 0 Å². The van der Waals surface area contributed by atoms with Crippen molar-refractivity contribution in [2.75, 3.05) is 0 Å². The molecule has 2 unspecified atom stereocenters. The third kappa shape index (κ3) is 17.4. The molecule has 264 valence electrons. The van der Waals surface area contributed by atoms with Gasteiger partial charge in [-0.15, -0.1) is 0 Å². The largest absolute Gasteiger partial charge is 0.366 e. The quantitative estimate of drug-likeness (QED) is 0.0552. The van der Waals surface area contributed by atoms with E-state index in [1.165, 1.54) is 151 Å². The summed E-state index contributed by atoms with van der Waals surface area (Å²) in [4.78, 5) is 0. The van der Waals surface area contributed by atoms with Gasteiger partial charge in [-0.2, -0.15) is 0 Å². The molecule has 0 aliphatic rings. The summed E-state index contributed by atoms with van der Waals surface area (Å²) < 4.78 is 7.05. The number of unbranched alkanes of at least 4 members (excludes halogenated alkanes) is 16. The first-order valence-electron chi connectivity index (χ1n) is 20.2. The molecule has 2 atom stereocenters. The van der Waals surface area contributed by atoms with Gasteiger partial charge in [-0.25, -0.2) is 0 Å². The number of hydrogen-bond acceptors (Lipinski definition) is 1. The Hall–Kier alpha value is -3.16. The zero-order chi connectivity index (χ0) is 33.9. The normalized spacial score (nSPS) is 12.6. The average Bonchev–Trinajstić information content (AvgIpc) is 3.16. The van der Waals surface area contributed by atoms with Crippen LogP contribution in [0, 0.1) is 0 Å². The molecule has 4 aromatic rings. The van der Waals surface area contributed by atoms with Gasteiger partial charge in [0.05, 0.1) is 12.2 Å². The van der Waals surface area contributed by atoms with Gasteiger partial charge in [0.1, 0.15) is 0 Å². The smallest absolute Gasteiger partial charge is 0.0833 e. The van der Waals surface area contributed by atoms with Gasteiger partial charge < -0.3 is 4.74 Å². The van der Waals surface area contributed by atoms with E-state index in [9.17, 15) is 0 Å². The topological polar surface area (TPSA) is 9.23 Å². The standard InChI is InChI=1S/C48H66O/c1(3-7-11-19-31-43-33-21-15-22-34-43)5-9-13-29-41-47(45-37-25-17-26-38-45)49-48(46-39-27-18-28-40-46)42-30-14-10-6-2-4-8-12-20-32-44-35-23-16-24-36-44/h15-18,21-28,33-40,47-48H,1-14,19-20,29-32,41-42H2. The van der Waals surface area contributed by atoms with E-state index in [4.69, 9.17) is 4.74 Å². The summed E-state index contributed by atoms with van der Waals surface area (Å²) in [5.41, 5.74) is 5.64. The van der Waals surface area contributed by atoms with E-state index in [0.29, 0.717) is 0 Å². The van der Waals surface area contributed by atoms with E-state index in [-0.39, 0.29) is 12.2 Å². The molecule has 1 heteroatoms. The molecule has 0 heterocycles. The molecule has 1 nitrogen and oxygen atoms in total. The minimum absolute atomic E-state index is 0.165. The highest BCUT2D eigenvalue weighted by Gasteiger charge is 2.20. The minimum Gasteiger partial charge on any atom is -0.366 e. The van der Waals surface area contributed by atoms with E-state index in [2.05, 4.69) is 121 Å². The van der Waals surface area contributed by atoms with E-state index in [1.807, 2.05) is 0 Å². The zero-order valence-corrected chi connectivity index (χ0v) is 30.7. The predicted octanol–water partition coefficient (Wildman–Crippen LogP) is 14.8. The molecule has 0 amide bonds. The molecule has 0 fully saturated rings. The summed E-state index contributed by atoms with van der Waals surface area (Å²) in [6.45, 7) is 0. The van der Waals surface area contributed by atoms with Gasteiger partial charge in [-0.3, -0.25) is 0 Å². The van der Waals surface area contributed by atoms with Crippen LogP contribution in [0.4, 0.5) is 0 Å². The molecule has 49 heavy (non-hydrogen) atoms. The number of hydrogen-bond donors (Lipinski definition) is 0. The van der Waals surface area contributed by atoms with Crippen LogP contribution in [-0.2, 0) is 17.6 Å². The highest BCUT2D eigenvalue weighted by molar-refractivity contribution is 5.20. The van der Waals surface area contributed by atoms with Gasteiger partial charge in [0.2, 0.25) is 0 Å². The van der Waals surface area contributed by atoms with Crippen LogP contribution < -0.4 is 0 Å². The average molecular weight is 659 g/mol. The van der Waals surface area contributed by atoms with Crippen molar-refractivity contribution in [3.05, 3.63) is 144 Å². The van der Waals surface area contributed by atoms with Crippen LogP contribution in [0.25, 0.3) is 0 Å². The number of benzene rings is 4. The number of rotatable bonds is 28. The Labute approximate surface area is 300 Å². The molecule has 0 saturated carbocycles. The van der Waals surface area contributed by atoms with Crippen molar-refractivity contribution in [1.82, 2.24) is 0 Å². The van der Waals surface area contributed by atoms with Crippen LogP contribution in [0.1, 0.15) is 163 Å². The Morgan fingerprint density at radius 2 is 0.551 bits per heavy atom. The maximum absolute atomic E-state index is 7.05. The molecule has 0 aliphatic carbocycles. The lowest BCUT2D eigenvalue weighted by molar-refractivity contribution is -0.0264. The van der Waals surface area contributed by atoms with Crippen LogP contribution in [0.5, 0.6) is 0 Å². The Bertz CT molecular complexity index is 1180. The third-order valence-corrected chi connectivity index (χ3v) is 10.2. The Morgan fingerprint density at radius 1 is 0.286 bits per heavy atom. The van der Waals surface area contributed by atoms with Crippen molar-refractivity contribution in [3.63, 3.8) is 0 Å². The van der Waals surface area contributed by atoms with Crippen molar-refractivity contribution in [2.24, 2.45) is 0 Å². The lowest BCUT2D eigenvalue weighted by Gasteiger charge is -2.26. The molecule has 4 aromatic carbocycles. The molecule has 4 rings (SSSR count). The van der Waals surface area contributed by atoms with Crippen molar-refractivity contribution >= 4 is 0 Å². The number of ether oxygens (including phenoxy) is 1. The first-order valence-corrected chi connectivity index (χ1v) is 20.2. The van der Waals surface area contributed by atoms with E-state index in [1.54, 1.807) is 0 Å². The highest BCUT2D eigenvalue weighted by Crippen LogP contribution is 2.34. The van der Waals surface area contributed by atoms with Crippen LogP contribution in [0.2, 0.25) is 0 Å². The fourth-order valence-electron chi connectivity index (χ4n) is 7.24. The van der Waals surface area contributed by atoms with Crippen LogP contribution in [0.15, 0.2) is 121 Å². The van der Waals surface area contributed by atoms with Gasteiger partial charge in [0.15, 0.2) is 0 Å². The lowest BCUT2D eigenvalue weighted by Crippen LogP contribution is -2.11. The predicted molar refractivity (Wildman–Crippen MR) is 212 cm³/mol. The Balaban J connectivity index is 1.09. The number of aryl methyl sites for hydroxylation is 2. The van der Waals surface area contributed by atoms with Crippen molar-refractivity contribution < 1.29 is 4.74 Å². The summed E-state index contributed by atoms with van der Waals surface area (Å²) in [6.07, 6.45) is 29.2. The molecule has 0 saturated heterocycles. The van der Waals surface area contributed by atoms with E-state index >= 15 is 0 Å². The van der Waals surface area contributed by atoms with E-state index in [0.717, 1.165) is 12.8 Å². The summed E-state index contributed by atoms with van der Waals surface area (Å²) >= 11 is 0. The molecular weight excluding hydrogens is 593 g/mol. The first kappa shape index (κ1) is 38.6. The van der Waals surface area contributed by atoms with Gasteiger partial charge in [-0.1, -0.05) is 224 Å². The summed E-state index contributed by atoms with van der Waals surface area (Å²) in [5, 5.41) is 0. The fourth-order valence-corrected chi connectivity index (χ4v) is 7.24. The molecule has 0 aromatic heterocycles. The zero-order valence-electron chi connectivity index (χ0n) is 30.7. The maximum atomic E-state index is 7.05. The molecule has 0 bridgehead atoms. The first-order chi connectivity index (χ1) is 24.4. The molecule has 0 radical (unpaired) electrons. The SMILES string of the molecule is c1ccc(CCCCCCCCCCCC(OC(CCCCCCCCCCCc2ccccc2)c2ccccc2)c2ccccc2)cc1. The molecule has 0 spiro atoms. The fraction of sp³-hybridized carbons (Fsp3) is 0.500. The minimum atomic E-state index is 0.165. The molecular formula is C48H66O. The second-order valence-electron chi connectivity index (χ2n) is 14.3.